The van der Waals surface area contributed by atoms with Crippen LogP contribution in [0.1, 0.15) is 6.42 Å². The Morgan fingerprint density at radius 1 is 1.11 bits per heavy atom. The first-order chi connectivity index (χ1) is 13.4. The van der Waals surface area contributed by atoms with Crippen molar-refractivity contribution in [3.05, 3.63) is 58.6 Å². The van der Waals surface area contributed by atoms with E-state index in [4.69, 9.17) is 32.4 Å². The zero-order valence-corrected chi connectivity index (χ0v) is 17.3. The number of nitrogens with one attached hydrogen (secondary N) is 1. The standard InChI is InChI=1S/C19H18Cl2N2O4S/c1-26-12-4-11-22-18-19(28(24,25)14-9-7-13(20)8-10-14)23-17(27-18)15-5-2-3-6-16(15)21/h2-3,5-10,22H,4,11-12H2,1H3. The van der Waals surface area contributed by atoms with E-state index >= 15 is 0 Å². The number of sulfone groups is 1. The Bertz CT molecular complexity index is 1050. The molecule has 2 aromatic carbocycles. The fourth-order valence-corrected chi connectivity index (χ4v) is 4.11. The van der Waals surface area contributed by atoms with Crippen LogP contribution in [0.4, 0.5) is 5.88 Å². The molecular formula is C19H18Cl2N2O4S. The van der Waals surface area contributed by atoms with E-state index in [1.54, 1.807) is 31.4 Å². The quantitative estimate of drug-likeness (QED) is 0.500. The Hall–Kier alpha value is -2.06. The molecule has 1 N–H and O–H groups in total. The molecule has 148 valence electrons. The van der Waals surface area contributed by atoms with Crippen molar-refractivity contribution in [3.8, 4) is 11.5 Å². The van der Waals surface area contributed by atoms with Gasteiger partial charge in [-0.25, -0.2) is 8.42 Å². The number of benzene rings is 2. The highest BCUT2D eigenvalue weighted by atomic mass is 35.5. The highest BCUT2D eigenvalue weighted by Crippen LogP contribution is 2.35. The summed E-state index contributed by atoms with van der Waals surface area (Å²) in [6.07, 6.45) is 0.666. The predicted octanol–water partition coefficient (Wildman–Crippen LogP) is 4.93. The summed E-state index contributed by atoms with van der Waals surface area (Å²) in [6.45, 7) is 0.978. The van der Waals surface area contributed by atoms with Crippen LogP contribution < -0.4 is 5.32 Å². The smallest absolute Gasteiger partial charge is 0.233 e. The van der Waals surface area contributed by atoms with Crippen molar-refractivity contribution in [2.24, 2.45) is 0 Å². The minimum Gasteiger partial charge on any atom is -0.419 e. The molecule has 0 bridgehead atoms. The largest absolute Gasteiger partial charge is 0.419 e. The first kappa shape index (κ1) is 20.7. The third-order valence-electron chi connectivity index (χ3n) is 3.89. The molecule has 1 heterocycles. The van der Waals surface area contributed by atoms with Crippen molar-refractivity contribution in [1.29, 1.82) is 0 Å². The lowest BCUT2D eigenvalue weighted by atomic mass is 10.2. The first-order valence-electron chi connectivity index (χ1n) is 8.42. The molecule has 1 aromatic heterocycles. The molecule has 0 radical (unpaired) electrons. The van der Waals surface area contributed by atoms with E-state index in [1.807, 2.05) is 0 Å². The monoisotopic (exact) mass is 440 g/mol. The molecular weight excluding hydrogens is 423 g/mol. The van der Waals surface area contributed by atoms with E-state index in [0.717, 1.165) is 0 Å². The molecule has 0 amide bonds. The minimum absolute atomic E-state index is 0.0565. The molecule has 0 spiro atoms. The Morgan fingerprint density at radius 2 is 1.82 bits per heavy atom. The summed E-state index contributed by atoms with van der Waals surface area (Å²) >= 11 is 12.1. The molecule has 0 atom stereocenters. The number of nitrogens with zero attached hydrogens (tertiary/aromatic N) is 1. The second-order valence-electron chi connectivity index (χ2n) is 5.86. The molecule has 0 aliphatic heterocycles. The summed E-state index contributed by atoms with van der Waals surface area (Å²) in [4.78, 5) is 4.31. The minimum atomic E-state index is -3.93. The fourth-order valence-electron chi connectivity index (χ4n) is 2.49. The number of rotatable bonds is 8. The third-order valence-corrected chi connectivity index (χ3v) is 6.15. The lowest BCUT2D eigenvalue weighted by Gasteiger charge is -2.06. The maximum atomic E-state index is 13.1. The predicted molar refractivity (Wildman–Crippen MR) is 109 cm³/mol. The van der Waals surface area contributed by atoms with Crippen molar-refractivity contribution in [1.82, 2.24) is 4.98 Å². The van der Waals surface area contributed by atoms with Crippen LogP contribution in [-0.2, 0) is 14.6 Å². The van der Waals surface area contributed by atoms with E-state index in [9.17, 15) is 8.42 Å². The Balaban J connectivity index is 2.04. The summed E-state index contributed by atoms with van der Waals surface area (Å²) in [5.74, 6) is 0.174. The van der Waals surface area contributed by atoms with Gasteiger partial charge >= 0.3 is 0 Å². The van der Waals surface area contributed by atoms with Gasteiger partial charge in [0.2, 0.25) is 26.6 Å². The molecule has 6 nitrogen and oxygen atoms in total. The van der Waals surface area contributed by atoms with Crippen LogP contribution >= 0.6 is 23.2 Å². The van der Waals surface area contributed by atoms with Gasteiger partial charge in [0.25, 0.3) is 0 Å². The highest BCUT2D eigenvalue weighted by Gasteiger charge is 2.29. The number of oxazole rings is 1. The van der Waals surface area contributed by atoms with Gasteiger partial charge in [0.05, 0.1) is 15.5 Å². The van der Waals surface area contributed by atoms with Crippen molar-refractivity contribution < 1.29 is 17.6 Å². The molecule has 0 saturated heterocycles. The Labute approximate surface area is 173 Å². The number of aromatic nitrogens is 1. The Kier molecular flexibility index (Phi) is 6.61. The Morgan fingerprint density at radius 3 is 2.50 bits per heavy atom. The van der Waals surface area contributed by atoms with E-state index in [1.165, 1.54) is 24.3 Å². The van der Waals surface area contributed by atoms with Crippen molar-refractivity contribution in [2.45, 2.75) is 16.3 Å². The van der Waals surface area contributed by atoms with Crippen molar-refractivity contribution in [2.75, 3.05) is 25.6 Å². The molecule has 0 unspecified atom stereocenters. The van der Waals surface area contributed by atoms with E-state index < -0.39 is 9.84 Å². The van der Waals surface area contributed by atoms with Gasteiger partial charge in [-0.1, -0.05) is 35.3 Å². The van der Waals surface area contributed by atoms with Crippen LogP contribution in [0.25, 0.3) is 11.5 Å². The molecule has 0 aliphatic carbocycles. The average molecular weight is 441 g/mol. The van der Waals surface area contributed by atoms with Crippen LogP contribution in [0.5, 0.6) is 0 Å². The van der Waals surface area contributed by atoms with Gasteiger partial charge in [-0.3, -0.25) is 0 Å². The summed E-state index contributed by atoms with van der Waals surface area (Å²) in [5.41, 5.74) is 0.502. The zero-order chi connectivity index (χ0) is 20.1. The van der Waals surface area contributed by atoms with Gasteiger partial charge < -0.3 is 14.5 Å². The van der Waals surface area contributed by atoms with Gasteiger partial charge in [0.15, 0.2) is 0 Å². The van der Waals surface area contributed by atoms with Crippen LogP contribution in [-0.4, -0.2) is 33.7 Å². The van der Waals surface area contributed by atoms with Crippen LogP contribution in [0.2, 0.25) is 10.0 Å². The lowest BCUT2D eigenvalue weighted by molar-refractivity contribution is 0.197. The number of hydrogen-bond acceptors (Lipinski definition) is 6. The van der Waals surface area contributed by atoms with Gasteiger partial charge in [-0.15, -0.1) is 0 Å². The second kappa shape index (κ2) is 8.96. The molecule has 3 aromatic rings. The summed E-state index contributed by atoms with van der Waals surface area (Å²) in [6, 6.07) is 12.8. The zero-order valence-electron chi connectivity index (χ0n) is 15.0. The maximum Gasteiger partial charge on any atom is 0.233 e. The SMILES string of the molecule is COCCCNc1oc(-c2ccccc2Cl)nc1S(=O)(=O)c1ccc(Cl)cc1. The second-order valence-corrected chi connectivity index (χ2v) is 8.57. The van der Waals surface area contributed by atoms with Gasteiger partial charge in [0.1, 0.15) is 0 Å². The first-order valence-corrected chi connectivity index (χ1v) is 10.7. The fraction of sp³-hybridized carbons (Fsp3) is 0.211. The summed E-state index contributed by atoms with van der Waals surface area (Å²) in [5, 5.41) is 3.63. The molecule has 28 heavy (non-hydrogen) atoms. The average Bonchev–Trinajstić information content (AvgIpc) is 3.11. The summed E-state index contributed by atoms with van der Waals surface area (Å²) in [7, 11) is -2.33. The number of hydrogen-bond donors (Lipinski definition) is 1. The van der Waals surface area contributed by atoms with Gasteiger partial charge in [0, 0.05) is 25.3 Å². The van der Waals surface area contributed by atoms with Crippen LogP contribution in [0.3, 0.4) is 0 Å². The van der Waals surface area contributed by atoms with Gasteiger partial charge in [-0.05, 0) is 42.8 Å². The molecule has 0 aliphatic rings. The third kappa shape index (κ3) is 4.50. The number of halogens is 2. The molecule has 0 saturated carbocycles. The highest BCUT2D eigenvalue weighted by molar-refractivity contribution is 7.91. The summed E-state index contributed by atoms with van der Waals surface area (Å²) < 4.78 is 37.0. The normalized spacial score (nSPS) is 11.5. The van der Waals surface area contributed by atoms with Crippen LogP contribution in [0.15, 0.2) is 62.9 Å². The molecule has 0 fully saturated rings. The maximum absolute atomic E-state index is 13.1. The molecule has 9 heteroatoms. The lowest BCUT2D eigenvalue weighted by Crippen LogP contribution is -2.09. The number of methoxy groups -OCH3 is 1. The topological polar surface area (TPSA) is 81.4 Å². The van der Waals surface area contributed by atoms with E-state index in [-0.39, 0.29) is 21.7 Å². The number of ether oxygens (including phenoxy) is 1. The van der Waals surface area contributed by atoms with Crippen molar-refractivity contribution >= 4 is 38.9 Å². The van der Waals surface area contributed by atoms with Crippen molar-refractivity contribution in [3.63, 3.8) is 0 Å². The molecule has 3 rings (SSSR count). The number of anilines is 1. The van der Waals surface area contributed by atoms with Gasteiger partial charge in [-0.2, -0.15) is 4.98 Å². The van der Waals surface area contributed by atoms with E-state index in [2.05, 4.69) is 10.3 Å². The van der Waals surface area contributed by atoms with E-state index in [0.29, 0.717) is 35.2 Å². The van der Waals surface area contributed by atoms with Crippen LogP contribution in [0, 0.1) is 0 Å².